The molecule has 0 aromatic heterocycles. The molecule has 0 heterocycles. The zero-order valence-electron chi connectivity index (χ0n) is 37.7. The molecule has 2 unspecified atom stereocenters. The quantitative estimate of drug-likeness (QED) is 0.151. The lowest BCUT2D eigenvalue weighted by Crippen LogP contribution is -2.29. The van der Waals surface area contributed by atoms with Crippen LogP contribution in [0.1, 0.15) is 73.9 Å². The van der Waals surface area contributed by atoms with Gasteiger partial charge in [0.2, 0.25) is 0 Å². The minimum atomic E-state index is -0.164. The molecule has 0 spiro atoms. The van der Waals surface area contributed by atoms with Crippen molar-refractivity contribution in [3.05, 3.63) is 245 Å². The van der Waals surface area contributed by atoms with Crippen LogP contribution in [0.2, 0.25) is 0 Å². The molecule has 0 radical (unpaired) electrons. The van der Waals surface area contributed by atoms with Crippen molar-refractivity contribution in [2.75, 3.05) is 9.80 Å². The van der Waals surface area contributed by atoms with Gasteiger partial charge in [0.25, 0.3) is 0 Å². The fraction of sp³-hybridized carbons (Fsp3) is 0.161. The molecule has 64 heavy (non-hydrogen) atoms. The first-order valence-electron chi connectivity index (χ1n) is 22.8. The summed E-state index contributed by atoms with van der Waals surface area (Å²) in [6, 6.07) is 70.8. The molecular formula is C62H54N2. The molecule has 0 aliphatic heterocycles. The number of nitrogens with zero attached hydrogens (tertiary/aromatic N) is 2. The minimum absolute atomic E-state index is 0.0707. The molecule has 0 N–H and O–H groups in total. The average Bonchev–Trinajstić information content (AvgIpc) is 3.70. The second kappa shape index (κ2) is 15.3. The Labute approximate surface area is 379 Å². The molecule has 2 heteroatoms. The van der Waals surface area contributed by atoms with Crippen molar-refractivity contribution < 1.29 is 0 Å². The van der Waals surface area contributed by atoms with Crippen LogP contribution >= 0.6 is 0 Å². The summed E-state index contributed by atoms with van der Waals surface area (Å²) in [7, 11) is 0. The lowest BCUT2D eigenvalue weighted by atomic mass is 9.68. The second-order valence-electron chi connectivity index (χ2n) is 19.1. The van der Waals surface area contributed by atoms with Crippen LogP contribution in [0.4, 0.5) is 34.1 Å². The molecule has 11 rings (SSSR count). The van der Waals surface area contributed by atoms with E-state index >= 15 is 0 Å². The van der Waals surface area contributed by atoms with E-state index in [0.29, 0.717) is 11.8 Å². The Hall–Kier alpha value is -7.16. The average molecular weight is 827 g/mol. The Morgan fingerprint density at radius 2 is 0.891 bits per heavy atom. The summed E-state index contributed by atoms with van der Waals surface area (Å²) in [6.07, 6.45) is 5.06. The third kappa shape index (κ3) is 6.38. The third-order valence-corrected chi connectivity index (χ3v) is 14.5. The number of rotatable bonds is 8. The van der Waals surface area contributed by atoms with Crippen molar-refractivity contribution >= 4 is 39.7 Å². The smallest absolute Gasteiger partial charge is 0.0462 e. The maximum absolute atomic E-state index is 2.60. The molecule has 3 aliphatic carbocycles. The first-order valence-corrected chi connectivity index (χ1v) is 22.8. The number of hydrogen-bond acceptors (Lipinski definition) is 2. The highest BCUT2D eigenvalue weighted by molar-refractivity contribution is 5.90. The summed E-state index contributed by atoms with van der Waals surface area (Å²) in [5, 5.41) is 0. The van der Waals surface area contributed by atoms with Gasteiger partial charge in [0.15, 0.2) is 0 Å². The van der Waals surface area contributed by atoms with Crippen molar-refractivity contribution in [1.82, 2.24) is 0 Å². The number of anilines is 6. The van der Waals surface area contributed by atoms with E-state index < -0.39 is 0 Å². The molecule has 0 amide bonds. The molecule has 2 atom stereocenters. The highest BCUT2D eigenvalue weighted by atomic mass is 15.1. The summed E-state index contributed by atoms with van der Waals surface area (Å²) in [6.45, 7) is 14.6. The maximum atomic E-state index is 2.60. The van der Waals surface area contributed by atoms with Crippen molar-refractivity contribution in [1.29, 1.82) is 0 Å². The van der Waals surface area contributed by atoms with E-state index in [2.05, 4.69) is 258 Å². The predicted octanol–water partition coefficient (Wildman–Crippen LogP) is 16.9. The fourth-order valence-electron chi connectivity index (χ4n) is 11.5. The van der Waals surface area contributed by atoms with Gasteiger partial charge in [-0.15, -0.1) is 0 Å². The van der Waals surface area contributed by atoms with Crippen molar-refractivity contribution in [2.45, 2.75) is 58.3 Å². The molecular weight excluding hydrogens is 773 g/mol. The highest BCUT2D eigenvalue weighted by Crippen LogP contribution is 2.63. The van der Waals surface area contributed by atoms with Gasteiger partial charge < -0.3 is 9.80 Å². The molecule has 2 nitrogen and oxygen atoms in total. The maximum Gasteiger partial charge on any atom is 0.0462 e. The summed E-state index contributed by atoms with van der Waals surface area (Å²) in [5.41, 5.74) is 23.3. The number of aryl methyl sites for hydroxylation is 1. The van der Waals surface area contributed by atoms with Gasteiger partial charge in [-0.1, -0.05) is 161 Å². The largest absolute Gasteiger partial charge is 0.311 e. The van der Waals surface area contributed by atoms with Gasteiger partial charge >= 0.3 is 0 Å². The molecule has 8 aromatic carbocycles. The van der Waals surface area contributed by atoms with E-state index in [0.717, 1.165) is 34.1 Å². The van der Waals surface area contributed by atoms with Crippen LogP contribution in [0.15, 0.2) is 212 Å². The van der Waals surface area contributed by atoms with Crippen LogP contribution in [0.5, 0.6) is 0 Å². The molecule has 3 aliphatic rings. The van der Waals surface area contributed by atoms with Gasteiger partial charge in [-0.2, -0.15) is 0 Å². The van der Waals surface area contributed by atoms with E-state index in [1.807, 2.05) is 0 Å². The Morgan fingerprint density at radius 1 is 0.438 bits per heavy atom. The van der Waals surface area contributed by atoms with Gasteiger partial charge in [-0.3, -0.25) is 0 Å². The van der Waals surface area contributed by atoms with Gasteiger partial charge in [-0.25, -0.2) is 0 Å². The van der Waals surface area contributed by atoms with Crippen LogP contribution in [-0.4, -0.2) is 0 Å². The van der Waals surface area contributed by atoms with E-state index in [1.54, 1.807) is 5.56 Å². The van der Waals surface area contributed by atoms with Gasteiger partial charge in [0.05, 0.1) is 0 Å². The van der Waals surface area contributed by atoms with Crippen LogP contribution < -0.4 is 9.80 Å². The molecule has 8 aromatic rings. The van der Waals surface area contributed by atoms with Gasteiger partial charge in [-0.05, 0) is 165 Å². The predicted molar refractivity (Wildman–Crippen MR) is 271 cm³/mol. The number of fused-ring (bicyclic) bond motifs is 7. The van der Waals surface area contributed by atoms with E-state index in [1.165, 1.54) is 61.2 Å². The summed E-state index contributed by atoms with van der Waals surface area (Å²) < 4.78 is 0. The molecule has 312 valence electrons. The van der Waals surface area contributed by atoms with E-state index in [9.17, 15) is 0 Å². The van der Waals surface area contributed by atoms with Crippen molar-refractivity contribution in [2.24, 2.45) is 5.92 Å². The highest BCUT2D eigenvalue weighted by Gasteiger charge is 2.52. The Balaban J connectivity index is 0.924. The summed E-state index contributed by atoms with van der Waals surface area (Å²) in [5.74, 6) is 0.700. The first kappa shape index (κ1) is 39.7. The molecule has 0 saturated heterocycles. The third-order valence-electron chi connectivity index (χ3n) is 14.5. The molecule has 0 fully saturated rings. The van der Waals surface area contributed by atoms with Gasteiger partial charge in [0.1, 0.15) is 0 Å². The monoisotopic (exact) mass is 826 g/mol. The second-order valence-corrected chi connectivity index (χ2v) is 19.1. The topological polar surface area (TPSA) is 6.48 Å². The van der Waals surface area contributed by atoms with Crippen molar-refractivity contribution in [3.8, 4) is 22.3 Å². The van der Waals surface area contributed by atoms with Crippen LogP contribution in [-0.2, 0) is 10.8 Å². The summed E-state index contributed by atoms with van der Waals surface area (Å²) in [4.78, 5) is 4.66. The molecule has 0 bridgehead atoms. The fourth-order valence-corrected chi connectivity index (χ4v) is 11.5. The Kier molecular flexibility index (Phi) is 9.47. The summed E-state index contributed by atoms with van der Waals surface area (Å²) >= 11 is 0. The van der Waals surface area contributed by atoms with Crippen molar-refractivity contribution in [3.63, 3.8) is 0 Å². The van der Waals surface area contributed by atoms with Gasteiger partial charge in [0, 0.05) is 45.5 Å². The zero-order valence-corrected chi connectivity index (χ0v) is 37.7. The normalized spacial score (nSPS) is 17.3. The first-order chi connectivity index (χ1) is 31.1. The van der Waals surface area contributed by atoms with Crippen LogP contribution in [0.25, 0.3) is 27.8 Å². The van der Waals surface area contributed by atoms with E-state index in [4.69, 9.17) is 0 Å². The number of allylic oxidation sites excluding steroid dienone is 4. The SMILES string of the molecule is CC1=CC(c2ccc(N(c3ccccc3)c3ccccc3)cc2)=CC2C1c1ccc3c(c1C2(C)C)C(C)(C)c1cc(-c2ccc(N(c4ccccc4)c4ccccc4)cc2)cc(C)c1-3. The lowest BCUT2D eigenvalue weighted by molar-refractivity contribution is 0.383. The zero-order chi connectivity index (χ0) is 43.7. The van der Waals surface area contributed by atoms with E-state index in [-0.39, 0.29) is 10.8 Å². The Bertz CT molecular complexity index is 3010. The lowest BCUT2D eigenvalue weighted by Gasteiger charge is -2.35. The number of benzene rings is 8. The number of para-hydroxylation sites is 4. The molecule has 0 saturated carbocycles. The van der Waals surface area contributed by atoms with Crippen LogP contribution in [0, 0.1) is 12.8 Å². The standard InChI is InChI=1S/C62H54N2/c1-41-37-45(43-27-31-51(32-28-43)63(47-19-11-7-12-20-47)48-21-13-8-14-22-48)39-55-57(41)53-35-36-54-58-42(2)38-46(40-56(58)62(5,6)60(54)59(53)61(55,3)4)44-29-33-52(34-30-44)64(49-23-15-9-16-24-49)50-25-17-10-18-26-50/h7-40,55,57H,1-6H3. The minimum Gasteiger partial charge on any atom is -0.311 e. The Morgan fingerprint density at radius 3 is 1.38 bits per heavy atom. The van der Waals surface area contributed by atoms with Crippen LogP contribution in [0.3, 0.4) is 0 Å². The number of hydrogen-bond donors (Lipinski definition) is 0.